The lowest BCUT2D eigenvalue weighted by molar-refractivity contribution is -0.274. The molecular weight excluding hydrogens is 459 g/mol. The molecule has 2 aromatic carbocycles. The lowest BCUT2D eigenvalue weighted by atomic mass is 10.2. The average molecular weight is 475 g/mol. The molecule has 0 bridgehead atoms. The van der Waals surface area contributed by atoms with Crippen molar-refractivity contribution in [3.05, 3.63) is 78.6 Å². The Morgan fingerprint density at radius 2 is 1.58 bits per heavy atom. The van der Waals surface area contributed by atoms with E-state index in [9.17, 15) is 21.6 Å². The van der Waals surface area contributed by atoms with Gasteiger partial charge in [0.2, 0.25) is 15.8 Å². The first-order chi connectivity index (χ1) is 15.7. The summed E-state index contributed by atoms with van der Waals surface area (Å²) < 4.78 is 66.0. The molecule has 0 saturated carbocycles. The molecule has 170 valence electrons. The number of aromatic nitrogens is 1. The van der Waals surface area contributed by atoms with E-state index in [0.29, 0.717) is 11.3 Å². The third kappa shape index (κ3) is 6.68. The second kappa shape index (κ2) is 10.0. The number of nitrogens with zero attached hydrogens (tertiary/aromatic N) is 3. The molecule has 0 unspecified atom stereocenters. The highest BCUT2D eigenvalue weighted by Gasteiger charge is 2.31. The first-order valence-electron chi connectivity index (χ1n) is 9.24. The predicted molar refractivity (Wildman–Crippen MR) is 113 cm³/mol. The number of guanidine groups is 1. The van der Waals surface area contributed by atoms with E-state index in [4.69, 9.17) is 5.26 Å². The summed E-state index contributed by atoms with van der Waals surface area (Å²) >= 11 is 0. The number of pyridine rings is 1. The van der Waals surface area contributed by atoms with E-state index in [2.05, 4.69) is 25.3 Å². The lowest BCUT2D eigenvalue weighted by Crippen LogP contribution is -2.26. The van der Waals surface area contributed by atoms with Crippen molar-refractivity contribution in [2.75, 3.05) is 5.32 Å². The minimum atomic E-state index is -4.87. The highest BCUT2D eigenvalue weighted by atomic mass is 32.2. The molecule has 33 heavy (non-hydrogen) atoms. The summed E-state index contributed by atoms with van der Waals surface area (Å²) in [5.74, 6) is -0.321. The van der Waals surface area contributed by atoms with E-state index in [0.717, 1.165) is 24.3 Å². The van der Waals surface area contributed by atoms with Crippen LogP contribution in [0.5, 0.6) is 5.75 Å². The third-order valence-corrected chi connectivity index (χ3v) is 5.92. The number of aliphatic imine (C=N–C) groups is 1. The van der Waals surface area contributed by atoms with Gasteiger partial charge in [-0.1, -0.05) is 12.1 Å². The van der Waals surface area contributed by atoms with Crippen LogP contribution in [0.25, 0.3) is 0 Å². The Morgan fingerprint density at radius 1 is 1.00 bits per heavy atom. The van der Waals surface area contributed by atoms with Gasteiger partial charge in [0, 0.05) is 18.1 Å². The van der Waals surface area contributed by atoms with E-state index >= 15 is 0 Å². The molecule has 0 saturated heterocycles. The summed E-state index contributed by atoms with van der Waals surface area (Å²) in [5, 5.41) is 14.2. The van der Waals surface area contributed by atoms with Crippen LogP contribution in [-0.4, -0.2) is 25.7 Å². The minimum absolute atomic E-state index is 0.0370. The zero-order valence-electron chi connectivity index (χ0n) is 16.7. The van der Waals surface area contributed by atoms with E-state index in [-0.39, 0.29) is 22.3 Å². The number of anilines is 1. The van der Waals surface area contributed by atoms with Crippen LogP contribution in [-0.2, 0) is 16.4 Å². The number of sulfone groups is 1. The Bertz CT molecular complexity index is 1260. The maximum atomic E-state index is 12.7. The van der Waals surface area contributed by atoms with Crippen molar-refractivity contribution < 1.29 is 26.3 Å². The number of halogens is 3. The molecule has 8 nitrogen and oxygen atoms in total. The molecule has 1 heterocycles. The molecule has 2 N–H and O–H groups in total. The molecular formula is C21H16F3N5O3S. The molecule has 3 rings (SSSR count). The molecule has 0 spiro atoms. The standard InChI is InChI=1S/C21H16F3N5O3S/c22-21(23,24)32-17-3-7-19(8-4-17)33(30,31)18-5-1-15(2-6-18)13-27-20(28-14-25)29-16-9-11-26-12-10-16/h1-12H,13H2,(H2,26,27,28,29). The van der Waals surface area contributed by atoms with Gasteiger partial charge in [0.25, 0.3) is 0 Å². The number of nitriles is 1. The second-order valence-electron chi connectivity index (χ2n) is 6.43. The first kappa shape index (κ1) is 23.6. The first-order valence-corrected chi connectivity index (χ1v) is 10.7. The number of alkyl halides is 3. The third-order valence-electron chi connectivity index (χ3n) is 4.14. The Hall–Kier alpha value is -4.11. The largest absolute Gasteiger partial charge is 0.573 e. The summed E-state index contributed by atoms with van der Waals surface area (Å²) in [7, 11) is -3.94. The van der Waals surface area contributed by atoms with Crippen LogP contribution in [0.3, 0.4) is 0 Å². The van der Waals surface area contributed by atoms with Crippen molar-refractivity contribution in [2.24, 2.45) is 4.99 Å². The molecule has 0 aliphatic carbocycles. The molecule has 0 amide bonds. The van der Waals surface area contributed by atoms with Gasteiger partial charge >= 0.3 is 6.36 Å². The van der Waals surface area contributed by atoms with E-state index in [1.807, 2.05) is 0 Å². The summed E-state index contributed by atoms with van der Waals surface area (Å²) in [4.78, 5) is 7.95. The molecule has 3 aromatic rings. The monoisotopic (exact) mass is 475 g/mol. The highest BCUT2D eigenvalue weighted by Crippen LogP contribution is 2.26. The van der Waals surface area contributed by atoms with Gasteiger partial charge < -0.3 is 10.1 Å². The quantitative estimate of drug-likeness (QED) is 0.241. The Morgan fingerprint density at radius 3 is 2.12 bits per heavy atom. The maximum absolute atomic E-state index is 12.7. The van der Waals surface area contributed by atoms with Crippen molar-refractivity contribution in [3.8, 4) is 11.9 Å². The van der Waals surface area contributed by atoms with Crippen molar-refractivity contribution in [1.82, 2.24) is 10.3 Å². The molecule has 12 heteroatoms. The van der Waals surface area contributed by atoms with Gasteiger partial charge in [-0.25, -0.2) is 13.4 Å². The van der Waals surface area contributed by atoms with Gasteiger partial charge in [-0.05, 0) is 54.1 Å². The predicted octanol–water partition coefficient (Wildman–Crippen LogP) is 3.85. The Labute approximate surface area is 187 Å². The lowest BCUT2D eigenvalue weighted by Gasteiger charge is -2.10. The topological polar surface area (TPSA) is 116 Å². The van der Waals surface area contributed by atoms with Crippen molar-refractivity contribution in [3.63, 3.8) is 0 Å². The molecule has 0 atom stereocenters. The molecule has 0 aliphatic rings. The molecule has 1 aromatic heterocycles. The number of benzene rings is 2. The number of rotatable bonds is 6. The van der Waals surface area contributed by atoms with Gasteiger partial charge in [0.05, 0.1) is 16.3 Å². The van der Waals surface area contributed by atoms with Crippen LogP contribution in [0.4, 0.5) is 18.9 Å². The molecule has 0 aliphatic heterocycles. The van der Waals surface area contributed by atoms with Crippen molar-refractivity contribution >= 4 is 21.5 Å². The zero-order chi connectivity index (χ0) is 23.9. The van der Waals surface area contributed by atoms with E-state index < -0.39 is 21.9 Å². The van der Waals surface area contributed by atoms with Gasteiger partial charge in [-0.15, -0.1) is 13.2 Å². The Kier molecular flexibility index (Phi) is 7.14. The fourth-order valence-corrected chi connectivity index (χ4v) is 3.90. The minimum Gasteiger partial charge on any atom is -0.406 e. The summed E-state index contributed by atoms with van der Waals surface area (Å²) in [6.45, 7) is 0.145. The SMILES string of the molecule is N#CNC(=NCc1ccc(S(=O)(=O)c2ccc(OC(F)(F)F)cc2)cc1)Nc1ccncc1. The van der Waals surface area contributed by atoms with Crippen LogP contribution < -0.4 is 15.4 Å². The Balaban J connectivity index is 1.72. The number of hydrogen-bond donors (Lipinski definition) is 2. The molecule has 0 radical (unpaired) electrons. The van der Waals surface area contributed by atoms with Gasteiger partial charge in [-0.2, -0.15) is 5.26 Å². The second-order valence-corrected chi connectivity index (χ2v) is 8.38. The average Bonchev–Trinajstić information content (AvgIpc) is 2.78. The molecule has 0 fully saturated rings. The zero-order valence-corrected chi connectivity index (χ0v) is 17.6. The fraction of sp³-hybridized carbons (Fsp3) is 0.0952. The van der Waals surface area contributed by atoms with Gasteiger partial charge in [-0.3, -0.25) is 10.3 Å². The summed E-state index contributed by atoms with van der Waals surface area (Å²) in [6, 6.07) is 13.2. The number of ether oxygens (including phenoxy) is 1. The van der Waals surface area contributed by atoms with Crippen LogP contribution >= 0.6 is 0 Å². The van der Waals surface area contributed by atoms with Gasteiger partial charge in [0.1, 0.15) is 5.75 Å². The summed E-state index contributed by atoms with van der Waals surface area (Å²) in [6.07, 6.45) is 0.0560. The smallest absolute Gasteiger partial charge is 0.406 e. The highest BCUT2D eigenvalue weighted by molar-refractivity contribution is 7.91. The van der Waals surface area contributed by atoms with E-state index in [1.54, 1.807) is 42.9 Å². The number of nitrogens with one attached hydrogen (secondary N) is 2. The van der Waals surface area contributed by atoms with Crippen LogP contribution in [0, 0.1) is 11.5 Å². The summed E-state index contributed by atoms with van der Waals surface area (Å²) in [5.41, 5.74) is 1.33. The van der Waals surface area contributed by atoms with Crippen LogP contribution in [0.2, 0.25) is 0 Å². The maximum Gasteiger partial charge on any atom is 0.573 e. The fourth-order valence-electron chi connectivity index (χ4n) is 2.64. The normalized spacial score (nSPS) is 12.0. The number of hydrogen-bond acceptors (Lipinski definition) is 6. The van der Waals surface area contributed by atoms with E-state index in [1.165, 1.54) is 12.1 Å². The van der Waals surface area contributed by atoms with Gasteiger partial charge in [0.15, 0.2) is 6.19 Å². The van der Waals surface area contributed by atoms with Crippen LogP contribution in [0.1, 0.15) is 5.56 Å². The van der Waals surface area contributed by atoms with Crippen LogP contribution in [0.15, 0.2) is 87.8 Å². The van der Waals surface area contributed by atoms with Crippen molar-refractivity contribution in [1.29, 1.82) is 5.26 Å². The van der Waals surface area contributed by atoms with Crippen molar-refractivity contribution in [2.45, 2.75) is 22.7 Å².